The van der Waals surface area contributed by atoms with Gasteiger partial charge in [0.15, 0.2) is 5.65 Å². The number of aryl methyl sites for hydroxylation is 1. The lowest BCUT2D eigenvalue weighted by atomic mass is 9.86. The van der Waals surface area contributed by atoms with Crippen LogP contribution in [0.25, 0.3) is 5.65 Å². The highest BCUT2D eigenvalue weighted by atomic mass is 19.3. The van der Waals surface area contributed by atoms with E-state index in [-0.39, 0.29) is 12.1 Å². The van der Waals surface area contributed by atoms with Crippen LogP contribution in [-0.2, 0) is 12.0 Å². The third-order valence-electron chi connectivity index (χ3n) is 5.98. The summed E-state index contributed by atoms with van der Waals surface area (Å²) in [4.78, 5) is 6.79. The first-order valence-corrected chi connectivity index (χ1v) is 10.8. The molecular formula is C21H24F2N10. The van der Waals surface area contributed by atoms with E-state index in [0.717, 1.165) is 17.7 Å². The lowest BCUT2D eigenvalue weighted by Crippen LogP contribution is -2.63. The lowest BCUT2D eigenvalue weighted by molar-refractivity contribution is 0.0951. The summed E-state index contributed by atoms with van der Waals surface area (Å²) < 4.78 is 28.8. The summed E-state index contributed by atoms with van der Waals surface area (Å²) in [7, 11) is 0. The summed E-state index contributed by atoms with van der Waals surface area (Å²) in [5.41, 5.74) is 5.94. The van der Waals surface area contributed by atoms with Gasteiger partial charge in [-0.2, -0.15) is 15.3 Å². The maximum absolute atomic E-state index is 12.6. The molecule has 0 radical (unpaired) electrons. The standard InChI is InChI=1S/C21H24F2N10/c1-2-15-8-26-33(10-15)21(5-6-24)13-30(14-21)17-4-3-7-32-19(17)28-20(29-32)27-16-9-25-31(11-16)12-18(22)23/h3-4,7-8,10-11,18,25H,2,5,9,12-14H2,1H3,(H,27,29). The van der Waals surface area contributed by atoms with Crippen LogP contribution < -0.4 is 15.6 Å². The summed E-state index contributed by atoms with van der Waals surface area (Å²) in [5, 5.41) is 22.9. The maximum Gasteiger partial charge on any atom is 0.257 e. The van der Waals surface area contributed by atoms with E-state index in [2.05, 4.69) is 43.8 Å². The molecule has 0 atom stereocenters. The molecule has 172 valence electrons. The predicted octanol–water partition coefficient (Wildman–Crippen LogP) is 1.96. The minimum atomic E-state index is -2.43. The van der Waals surface area contributed by atoms with Crippen LogP contribution in [0.1, 0.15) is 18.9 Å². The molecule has 1 fully saturated rings. The number of alkyl halides is 2. The molecule has 33 heavy (non-hydrogen) atoms. The van der Waals surface area contributed by atoms with E-state index in [1.54, 1.807) is 10.7 Å². The summed E-state index contributed by atoms with van der Waals surface area (Å²) in [6.45, 7) is 3.36. The Hall–Kier alpha value is -3.72. The van der Waals surface area contributed by atoms with Gasteiger partial charge in [0.1, 0.15) is 5.54 Å². The van der Waals surface area contributed by atoms with Crippen molar-refractivity contribution in [2.24, 2.45) is 0 Å². The fourth-order valence-electron chi connectivity index (χ4n) is 4.27. The van der Waals surface area contributed by atoms with Gasteiger partial charge in [-0.25, -0.2) is 18.7 Å². The first-order valence-electron chi connectivity index (χ1n) is 10.8. The van der Waals surface area contributed by atoms with Crippen molar-refractivity contribution in [1.29, 1.82) is 5.26 Å². The molecule has 1 saturated heterocycles. The van der Waals surface area contributed by atoms with Gasteiger partial charge in [-0.15, -0.1) is 5.10 Å². The molecule has 2 aliphatic rings. The second kappa shape index (κ2) is 8.32. The summed E-state index contributed by atoms with van der Waals surface area (Å²) in [6, 6.07) is 6.19. The minimum absolute atomic E-state index is 0.368. The molecule has 3 aromatic rings. The number of fused-ring (bicyclic) bond motifs is 1. The lowest BCUT2D eigenvalue weighted by Gasteiger charge is -2.50. The number of nitrogens with zero attached hydrogens (tertiary/aromatic N) is 8. The quantitative estimate of drug-likeness (QED) is 0.533. The molecule has 0 saturated carbocycles. The van der Waals surface area contributed by atoms with Gasteiger partial charge in [0.25, 0.3) is 6.43 Å². The van der Waals surface area contributed by atoms with Gasteiger partial charge in [0.05, 0.1) is 43.2 Å². The molecule has 3 aromatic heterocycles. The highest BCUT2D eigenvalue weighted by Gasteiger charge is 2.46. The second-order valence-electron chi connectivity index (χ2n) is 8.32. The Kier molecular flexibility index (Phi) is 5.33. The molecule has 5 rings (SSSR count). The number of nitrogens with one attached hydrogen (secondary N) is 2. The van der Waals surface area contributed by atoms with Crippen molar-refractivity contribution >= 4 is 17.3 Å². The van der Waals surface area contributed by atoms with Crippen molar-refractivity contribution in [3.63, 3.8) is 0 Å². The highest BCUT2D eigenvalue weighted by Crippen LogP contribution is 2.37. The van der Waals surface area contributed by atoms with Gasteiger partial charge in [-0.05, 0) is 24.1 Å². The molecule has 0 aromatic carbocycles. The van der Waals surface area contributed by atoms with E-state index in [1.165, 1.54) is 5.01 Å². The van der Waals surface area contributed by atoms with Crippen molar-refractivity contribution in [3.05, 3.63) is 48.2 Å². The molecule has 12 heteroatoms. The number of pyridine rings is 1. The van der Waals surface area contributed by atoms with E-state index in [1.807, 2.05) is 35.4 Å². The van der Waals surface area contributed by atoms with Gasteiger partial charge in [0.2, 0.25) is 5.95 Å². The number of anilines is 2. The number of hydrogen-bond donors (Lipinski definition) is 2. The zero-order valence-electron chi connectivity index (χ0n) is 18.1. The summed E-state index contributed by atoms with van der Waals surface area (Å²) in [5.74, 6) is 0.387. The van der Waals surface area contributed by atoms with E-state index >= 15 is 0 Å². The molecule has 0 aliphatic carbocycles. The normalized spacial score (nSPS) is 17.4. The number of halogens is 2. The van der Waals surface area contributed by atoms with Gasteiger partial charge in [0, 0.05) is 31.7 Å². The van der Waals surface area contributed by atoms with Crippen molar-refractivity contribution in [1.82, 2.24) is 34.8 Å². The Morgan fingerprint density at radius 2 is 2.21 bits per heavy atom. The average molecular weight is 454 g/mol. The largest absolute Gasteiger partial charge is 0.363 e. The smallest absolute Gasteiger partial charge is 0.257 e. The van der Waals surface area contributed by atoms with Crippen LogP contribution in [0.3, 0.4) is 0 Å². The Labute approximate surface area is 189 Å². The predicted molar refractivity (Wildman–Crippen MR) is 117 cm³/mol. The first kappa shape index (κ1) is 21.1. The highest BCUT2D eigenvalue weighted by molar-refractivity contribution is 5.71. The molecule has 2 N–H and O–H groups in total. The van der Waals surface area contributed by atoms with Gasteiger partial charge in [-0.3, -0.25) is 4.68 Å². The van der Waals surface area contributed by atoms with Gasteiger partial charge < -0.3 is 15.2 Å². The Morgan fingerprint density at radius 1 is 1.36 bits per heavy atom. The van der Waals surface area contributed by atoms with Crippen molar-refractivity contribution in [2.45, 2.75) is 31.7 Å². The van der Waals surface area contributed by atoms with Crippen molar-refractivity contribution in [2.75, 3.05) is 36.4 Å². The van der Waals surface area contributed by atoms with Crippen molar-refractivity contribution < 1.29 is 8.78 Å². The third-order valence-corrected chi connectivity index (χ3v) is 5.98. The number of hydrazine groups is 1. The average Bonchev–Trinajstić information content (AvgIpc) is 3.49. The molecule has 0 unspecified atom stereocenters. The summed E-state index contributed by atoms with van der Waals surface area (Å²) >= 11 is 0. The summed E-state index contributed by atoms with van der Waals surface area (Å²) in [6.07, 6.45) is 6.12. The monoisotopic (exact) mass is 454 g/mol. The molecule has 0 bridgehead atoms. The van der Waals surface area contributed by atoms with Gasteiger partial charge >= 0.3 is 0 Å². The number of nitriles is 1. The topological polar surface area (TPSA) is 102 Å². The zero-order valence-corrected chi connectivity index (χ0v) is 18.1. The van der Waals surface area contributed by atoms with E-state index in [4.69, 9.17) is 0 Å². The van der Waals surface area contributed by atoms with Crippen LogP contribution >= 0.6 is 0 Å². The second-order valence-corrected chi connectivity index (χ2v) is 8.32. The van der Waals surface area contributed by atoms with Crippen LogP contribution in [0.5, 0.6) is 0 Å². The van der Waals surface area contributed by atoms with Crippen LogP contribution in [0, 0.1) is 11.3 Å². The molecule has 10 nitrogen and oxygen atoms in total. The fourth-order valence-corrected chi connectivity index (χ4v) is 4.27. The maximum atomic E-state index is 12.6. The molecule has 2 aliphatic heterocycles. The first-order chi connectivity index (χ1) is 16.0. The third kappa shape index (κ3) is 3.95. The SMILES string of the molecule is CCc1cnn(C2(CC#N)CN(c3cccn4nc(NC5=CN(CC(F)F)NC5)nc34)C2)c1. The molecule has 0 amide bonds. The van der Waals surface area contributed by atoms with Gasteiger partial charge in [-0.1, -0.05) is 6.92 Å². The van der Waals surface area contributed by atoms with Crippen LogP contribution in [0.15, 0.2) is 42.6 Å². The van der Waals surface area contributed by atoms with Crippen LogP contribution in [-0.4, -0.2) is 62.0 Å². The number of aromatic nitrogens is 5. The Morgan fingerprint density at radius 3 is 2.94 bits per heavy atom. The Bertz CT molecular complexity index is 1220. The number of hydrogen-bond acceptors (Lipinski definition) is 8. The molecular weight excluding hydrogens is 430 g/mol. The molecule has 5 heterocycles. The van der Waals surface area contributed by atoms with E-state index < -0.39 is 6.43 Å². The van der Waals surface area contributed by atoms with Crippen LogP contribution in [0.2, 0.25) is 0 Å². The molecule has 0 spiro atoms. The fraction of sp³-hybridized carbons (Fsp3) is 0.429. The van der Waals surface area contributed by atoms with Crippen molar-refractivity contribution in [3.8, 4) is 6.07 Å². The Balaban J connectivity index is 1.35. The van der Waals surface area contributed by atoms with E-state index in [9.17, 15) is 14.0 Å². The zero-order chi connectivity index (χ0) is 23.0. The van der Waals surface area contributed by atoms with Crippen LogP contribution in [0.4, 0.5) is 20.4 Å². The minimum Gasteiger partial charge on any atom is -0.363 e. The van der Waals surface area contributed by atoms with E-state index in [0.29, 0.717) is 43.3 Å². The number of rotatable bonds is 8.